The van der Waals surface area contributed by atoms with Crippen molar-refractivity contribution in [3.05, 3.63) is 28.8 Å². The van der Waals surface area contributed by atoms with Gasteiger partial charge >= 0.3 is 0 Å². The maximum absolute atomic E-state index is 12.2. The number of carbonyl (C=O) groups excluding carboxylic acids is 1. The van der Waals surface area contributed by atoms with Gasteiger partial charge in [-0.05, 0) is 43.9 Å². The van der Waals surface area contributed by atoms with E-state index in [-0.39, 0.29) is 11.9 Å². The van der Waals surface area contributed by atoms with E-state index in [1.807, 2.05) is 7.05 Å². The van der Waals surface area contributed by atoms with Crippen LogP contribution >= 0.6 is 11.6 Å². The summed E-state index contributed by atoms with van der Waals surface area (Å²) in [4.78, 5) is 14.0. The van der Waals surface area contributed by atoms with Gasteiger partial charge in [-0.15, -0.1) is 0 Å². The Labute approximate surface area is 107 Å². The molecule has 3 nitrogen and oxygen atoms in total. The maximum Gasteiger partial charge on any atom is 0.253 e. The minimum absolute atomic E-state index is 0.0152. The van der Waals surface area contributed by atoms with Crippen LogP contribution < -0.4 is 5.73 Å². The molecule has 92 valence electrons. The number of carbonyl (C=O) groups is 1. The number of benzene rings is 1. The first-order valence-corrected chi connectivity index (χ1v) is 6.20. The third-order valence-electron chi connectivity index (χ3n) is 3.40. The number of rotatable bonds is 3. The average molecular weight is 253 g/mol. The lowest BCUT2D eigenvalue weighted by molar-refractivity contribution is 0.0727. The first-order chi connectivity index (χ1) is 7.99. The highest BCUT2D eigenvalue weighted by Crippen LogP contribution is 2.35. The third-order valence-corrected chi connectivity index (χ3v) is 3.62. The number of halogens is 1. The summed E-state index contributed by atoms with van der Waals surface area (Å²) in [6.45, 7) is 2.09. The van der Waals surface area contributed by atoms with Crippen LogP contribution in [0.5, 0.6) is 0 Å². The van der Waals surface area contributed by atoms with E-state index in [0.717, 1.165) is 0 Å². The summed E-state index contributed by atoms with van der Waals surface area (Å²) in [6.07, 6.45) is 2.44. The van der Waals surface area contributed by atoms with Crippen LogP contribution in [0.1, 0.15) is 30.1 Å². The largest absolute Gasteiger partial charge is 0.399 e. The van der Waals surface area contributed by atoms with E-state index >= 15 is 0 Å². The molecule has 0 radical (unpaired) electrons. The summed E-state index contributed by atoms with van der Waals surface area (Å²) in [7, 11) is 1.84. The predicted octanol–water partition coefficient (Wildman–Crippen LogP) is 2.79. The van der Waals surface area contributed by atoms with Gasteiger partial charge in [0.2, 0.25) is 0 Å². The lowest BCUT2D eigenvalue weighted by Gasteiger charge is -2.25. The highest BCUT2D eigenvalue weighted by atomic mass is 35.5. The molecule has 0 saturated heterocycles. The van der Waals surface area contributed by atoms with E-state index in [2.05, 4.69) is 6.92 Å². The fourth-order valence-corrected chi connectivity index (χ4v) is 2.26. The van der Waals surface area contributed by atoms with Gasteiger partial charge in [0, 0.05) is 29.4 Å². The average Bonchev–Trinajstić information content (AvgIpc) is 3.08. The van der Waals surface area contributed by atoms with E-state index in [1.165, 1.54) is 12.8 Å². The van der Waals surface area contributed by atoms with Crippen LogP contribution in [0, 0.1) is 5.92 Å². The fraction of sp³-hybridized carbons (Fsp3) is 0.462. The lowest BCUT2D eigenvalue weighted by atomic mass is 10.1. The molecule has 0 aromatic heterocycles. The highest BCUT2D eigenvalue weighted by molar-refractivity contribution is 6.31. The molecule has 4 heteroatoms. The van der Waals surface area contributed by atoms with Crippen molar-refractivity contribution in [2.75, 3.05) is 12.8 Å². The SMILES string of the molecule is CC(C1CC1)N(C)C(=O)c1cc(N)cc(Cl)c1. The molecule has 1 amide bonds. The van der Waals surface area contributed by atoms with Gasteiger partial charge in [0.1, 0.15) is 0 Å². The number of nitrogen functional groups attached to an aromatic ring is 1. The van der Waals surface area contributed by atoms with Gasteiger partial charge in [-0.1, -0.05) is 11.6 Å². The topological polar surface area (TPSA) is 46.3 Å². The summed E-state index contributed by atoms with van der Waals surface area (Å²) in [5.41, 5.74) is 6.77. The zero-order valence-electron chi connectivity index (χ0n) is 10.1. The first-order valence-electron chi connectivity index (χ1n) is 5.82. The second-order valence-electron chi connectivity index (χ2n) is 4.77. The van der Waals surface area contributed by atoms with Crippen LogP contribution in [0.4, 0.5) is 5.69 Å². The van der Waals surface area contributed by atoms with Crippen LogP contribution in [0.2, 0.25) is 5.02 Å². The third kappa shape index (κ3) is 2.72. The number of nitrogens with two attached hydrogens (primary N) is 1. The molecule has 0 heterocycles. The van der Waals surface area contributed by atoms with E-state index in [4.69, 9.17) is 17.3 Å². The van der Waals surface area contributed by atoms with Crippen molar-refractivity contribution in [1.82, 2.24) is 4.90 Å². The van der Waals surface area contributed by atoms with Crippen LogP contribution in [0.25, 0.3) is 0 Å². The van der Waals surface area contributed by atoms with E-state index in [9.17, 15) is 4.79 Å². The number of anilines is 1. The van der Waals surface area contributed by atoms with Crippen molar-refractivity contribution in [2.45, 2.75) is 25.8 Å². The molecule has 1 aromatic rings. The highest BCUT2D eigenvalue weighted by Gasteiger charge is 2.32. The van der Waals surface area contributed by atoms with Gasteiger partial charge in [0.05, 0.1) is 0 Å². The molecule has 17 heavy (non-hydrogen) atoms. The molecular formula is C13H17ClN2O. The number of hydrogen-bond acceptors (Lipinski definition) is 2. The van der Waals surface area contributed by atoms with Crippen LogP contribution in [-0.4, -0.2) is 23.9 Å². The van der Waals surface area contributed by atoms with Crippen molar-refractivity contribution < 1.29 is 4.79 Å². The Kier molecular flexibility index (Phi) is 3.29. The monoisotopic (exact) mass is 252 g/mol. The van der Waals surface area contributed by atoms with Gasteiger partial charge in [-0.2, -0.15) is 0 Å². The second-order valence-corrected chi connectivity index (χ2v) is 5.20. The van der Waals surface area contributed by atoms with Gasteiger partial charge in [-0.25, -0.2) is 0 Å². The van der Waals surface area contributed by atoms with Crippen LogP contribution in [-0.2, 0) is 0 Å². The lowest BCUT2D eigenvalue weighted by Crippen LogP contribution is -2.36. The molecule has 1 aromatic carbocycles. The Morgan fingerprint density at radius 3 is 2.65 bits per heavy atom. The minimum atomic E-state index is -0.0152. The maximum atomic E-state index is 12.2. The smallest absolute Gasteiger partial charge is 0.253 e. The first kappa shape index (κ1) is 12.2. The Morgan fingerprint density at radius 2 is 2.12 bits per heavy atom. The van der Waals surface area contributed by atoms with E-state index < -0.39 is 0 Å². The number of nitrogens with zero attached hydrogens (tertiary/aromatic N) is 1. The molecular weight excluding hydrogens is 236 g/mol. The number of amides is 1. The molecule has 0 aliphatic heterocycles. The van der Waals surface area contributed by atoms with Crippen molar-refractivity contribution in [1.29, 1.82) is 0 Å². The summed E-state index contributed by atoms with van der Waals surface area (Å²) in [5, 5.41) is 0.501. The van der Waals surface area contributed by atoms with Gasteiger partial charge < -0.3 is 10.6 Å². The zero-order chi connectivity index (χ0) is 12.6. The molecule has 0 spiro atoms. The molecule has 2 rings (SSSR count). The van der Waals surface area contributed by atoms with Crippen molar-refractivity contribution >= 4 is 23.2 Å². The standard InChI is InChI=1S/C13H17ClN2O/c1-8(9-3-4-9)16(2)13(17)10-5-11(14)7-12(15)6-10/h5-9H,3-4,15H2,1-2H3. The summed E-state index contributed by atoms with van der Waals surface area (Å²) < 4.78 is 0. The molecule has 2 N–H and O–H groups in total. The normalized spacial score (nSPS) is 16.6. The molecule has 1 aliphatic carbocycles. The van der Waals surface area contributed by atoms with Gasteiger partial charge in [0.15, 0.2) is 0 Å². The van der Waals surface area contributed by atoms with Gasteiger partial charge in [0.25, 0.3) is 5.91 Å². The zero-order valence-corrected chi connectivity index (χ0v) is 10.9. The van der Waals surface area contributed by atoms with E-state index in [0.29, 0.717) is 22.2 Å². The molecule has 1 aliphatic rings. The molecule has 0 bridgehead atoms. The Hall–Kier alpha value is -1.22. The van der Waals surface area contributed by atoms with E-state index in [1.54, 1.807) is 23.1 Å². The van der Waals surface area contributed by atoms with Crippen LogP contribution in [0.15, 0.2) is 18.2 Å². The number of hydrogen-bond donors (Lipinski definition) is 1. The fourth-order valence-electron chi connectivity index (χ4n) is 2.02. The molecule has 1 saturated carbocycles. The molecule has 1 atom stereocenters. The van der Waals surface area contributed by atoms with Crippen molar-refractivity contribution in [3.8, 4) is 0 Å². The predicted molar refractivity (Wildman–Crippen MR) is 70.1 cm³/mol. The van der Waals surface area contributed by atoms with Crippen molar-refractivity contribution in [3.63, 3.8) is 0 Å². The summed E-state index contributed by atoms with van der Waals surface area (Å²) in [6, 6.07) is 5.26. The summed E-state index contributed by atoms with van der Waals surface area (Å²) in [5.74, 6) is 0.638. The quantitative estimate of drug-likeness (QED) is 0.841. The Bertz CT molecular complexity index is 423. The minimum Gasteiger partial charge on any atom is -0.399 e. The summed E-state index contributed by atoms with van der Waals surface area (Å²) >= 11 is 5.90. The second kappa shape index (κ2) is 4.57. The molecule has 1 fully saturated rings. The molecule has 1 unspecified atom stereocenters. The van der Waals surface area contributed by atoms with Crippen LogP contribution in [0.3, 0.4) is 0 Å². The Morgan fingerprint density at radius 1 is 1.47 bits per heavy atom. The Balaban J connectivity index is 2.17. The van der Waals surface area contributed by atoms with Crippen molar-refractivity contribution in [2.24, 2.45) is 5.92 Å². The van der Waals surface area contributed by atoms with Gasteiger partial charge in [-0.3, -0.25) is 4.79 Å².